The zero-order valence-corrected chi connectivity index (χ0v) is 13.1. The number of nitrogens with zero attached hydrogens (tertiary/aromatic N) is 1. The predicted octanol–water partition coefficient (Wildman–Crippen LogP) is 2.13. The predicted molar refractivity (Wildman–Crippen MR) is 85.8 cm³/mol. The van der Waals surface area contributed by atoms with Crippen LogP contribution < -0.4 is 10.6 Å². The van der Waals surface area contributed by atoms with Crippen LogP contribution in [-0.4, -0.2) is 29.4 Å². The molecule has 1 heterocycles. The summed E-state index contributed by atoms with van der Waals surface area (Å²) in [4.78, 5) is 28.8. The highest BCUT2D eigenvalue weighted by molar-refractivity contribution is 7.17. The molecule has 22 heavy (non-hydrogen) atoms. The molecule has 1 saturated carbocycles. The van der Waals surface area contributed by atoms with E-state index < -0.39 is 0 Å². The van der Waals surface area contributed by atoms with E-state index in [2.05, 4.69) is 15.6 Å². The Morgan fingerprint density at radius 3 is 2.68 bits per heavy atom. The summed E-state index contributed by atoms with van der Waals surface area (Å²) in [5.74, 6) is -0.385. The van der Waals surface area contributed by atoms with Gasteiger partial charge in [0.05, 0.1) is 12.2 Å². The van der Waals surface area contributed by atoms with Crippen LogP contribution in [0.5, 0.6) is 0 Å². The van der Waals surface area contributed by atoms with Crippen LogP contribution in [0.4, 0.5) is 0 Å². The Labute approximate surface area is 132 Å². The normalized spacial score (nSPS) is 13.7. The van der Waals surface area contributed by atoms with Crippen LogP contribution in [0.2, 0.25) is 0 Å². The fourth-order valence-corrected chi connectivity index (χ4v) is 3.05. The highest BCUT2D eigenvalue weighted by Gasteiger charge is 2.23. The first kappa shape index (κ1) is 14.7. The molecule has 0 spiro atoms. The minimum absolute atomic E-state index is 0.00729. The summed E-state index contributed by atoms with van der Waals surface area (Å²) in [6.07, 6.45) is 2.07. The summed E-state index contributed by atoms with van der Waals surface area (Å²) in [5.41, 5.74) is 1.67. The maximum Gasteiger partial charge on any atom is 0.263 e. The molecule has 5 nitrogen and oxygen atoms in total. The smallest absolute Gasteiger partial charge is 0.263 e. The first-order chi connectivity index (χ1) is 10.6. The zero-order chi connectivity index (χ0) is 15.5. The van der Waals surface area contributed by atoms with E-state index in [0.29, 0.717) is 16.6 Å². The minimum atomic E-state index is -0.247. The van der Waals surface area contributed by atoms with Gasteiger partial charge in [-0.1, -0.05) is 30.3 Å². The molecule has 1 aliphatic carbocycles. The van der Waals surface area contributed by atoms with E-state index in [9.17, 15) is 9.59 Å². The second-order valence-electron chi connectivity index (χ2n) is 5.32. The fourth-order valence-electron chi connectivity index (χ4n) is 2.06. The lowest BCUT2D eigenvalue weighted by atomic mass is 10.2. The van der Waals surface area contributed by atoms with E-state index in [1.807, 2.05) is 37.3 Å². The number of aromatic nitrogens is 1. The number of amides is 2. The second kappa shape index (κ2) is 6.27. The quantitative estimate of drug-likeness (QED) is 0.888. The molecule has 114 valence electrons. The van der Waals surface area contributed by atoms with Gasteiger partial charge < -0.3 is 10.6 Å². The standard InChI is InChI=1S/C16H17N3O2S/c1-10-14(15(21)17-9-13(20)19-12-7-8-12)22-16(18-10)11-5-3-2-4-6-11/h2-6,12H,7-9H2,1H3,(H,17,21)(H,19,20). The molecule has 1 aromatic heterocycles. The van der Waals surface area contributed by atoms with Crippen molar-refractivity contribution in [3.63, 3.8) is 0 Å². The Morgan fingerprint density at radius 2 is 2.00 bits per heavy atom. The van der Waals surface area contributed by atoms with Crippen LogP contribution in [0.3, 0.4) is 0 Å². The van der Waals surface area contributed by atoms with E-state index in [-0.39, 0.29) is 18.4 Å². The topological polar surface area (TPSA) is 71.1 Å². The van der Waals surface area contributed by atoms with Gasteiger partial charge >= 0.3 is 0 Å². The molecule has 2 amide bonds. The minimum Gasteiger partial charge on any atom is -0.352 e. The molecule has 0 atom stereocenters. The van der Waals surface area contributed by atoms with E-state index in [1.54, 1.807) is 0 Å². The van der Waals surface area contributed by atoms with Crippen molar-refractivity contribution < 1.29 is 9.59 Å². The number of nitrogens with one attached hydrogen (secondary N) is 2. The van der Waals surface area contributed by atoms with Crippen molar-refractivity contribution in [2.24, 2.45) is 0 Å². The molecular weight excluding hydrogens is 298 g/mol. The van der Waals surface area contributed by atoms with Crippen LogP contribution in [0.1, 0.15) is 28.2 Å². The molecule has 2 aromatic rings. The molecule has 0 bridgehead atoms. The first-order valence-corrected chi connectivity index (χ1v) is 8.05. The fraction of sp³-hybridized carbons (Fsp3) is 0.312. The Balaban J connectivity index is 1.65. The molecule has 2 N–H and O–H groups in total. The van der Waals surface area contributed by atoms with E-state index in [0.717, 1.165) is 23.4 Å². The Hall–Kier alpha value is -2.21. The monoisotopic (exact) mass is 315 g/mol. The summed E-state index contributed by atoms with van der Waals surface area (Å²) in [6, 6.07) is 10.0. The van der Waals surface area contributed by atoms with Gasteiger partial charge in [-0.3, -0.25) is 9.59 Å². The second-order valence-corrected chi connectivity index (χ2v) is 6.32. The van der Waals surface area contributed by atoms with Crippen molar-refractivity contribution in [1.82, 2.24) is 15.6 Å². The number of carbonyl (C=O) groups is 2. The van der Waals surface area contributed by atoms with Crippen LogP contribution in [0.25, 0.3) is 10.6 Å². The molecule has 0 unspecified atom stereocenters. The Morgan fingerprint density at radius 1 is 1.27 bits per heavy atom. The number of hydrogen-bond acceptors (Lipinski definition) is 4. The third kappa shape index (κ3) is 3.51. The van der Waals surface area contributed by atoms with Crippen molar-refractivity contribution in [2.45, 2.75) is 25.8 Å². The lowest BCUT2D eigenvalue weighted by Crippen LogP contribution is -2.37. The van der Waals surface area contributed by atoms with Gasteiger partial charge in [0.25, 0.3) is 5.91 Å². The van der Waals surface area contributed by atoms with Crippen LogP contribution in [0, 0.1) is 6.92 Å². The van der Waals surface area contributed by atoms with Gasteiger partial charge in [0, 0.05) is 11.6 Å². The molecule has 3 rings (SSSR count). The summed E-state index contributed by atoms with van der Waals surface area (Å²) < 4.78 is 0. The Kier molecular flexibility index (Phi) is 4.20. The van der Waals surface area contributed by atoms with Gasteiger partial charge in [-0.2, -0.15) is 0 Å². The molecule has 0 radical (unpaired) electrons. The number of aryl methyl sites for hydroxylation is 1. The lowest BCUT2D eigenvalue weighted by Gasteiger charge is -2.04. The third-order valence-corrected chi connectivity index (χ3v) is 4.58. The van der Waals surface area contributed by atoms with Crippen LogP contribution in [-0.2, 0) is 4.79 Å². The van der Waals surface area contributed by atoms with Crippen molar-refractivity contribution in [3.8, 4) is 10.6 Å². The molecule has 0 saturated heterocycles. The number of thiazole rings is 1. The van der Waals surface area contributed by atoms with Crippen molar-refractivity contribution in [2.75, 3.05) is 6.54 Å². The molecule has 6 heteroatoms. The van der Waals surface area contributed by atoms with Gasteiger partial charge in [-0.15, -0.1) is 11.3 Å². The van der Waals surface area contributed by atoms with Crippen molar-refractivity contribution in [1.29, 1.82) is 0 Å². The van der Waals surface area contributed by atoms with Crippen molar-refractivity contribution in [3.05, 3.63) is 40.9 Å². The maximum atomic E-state index is 12.2. The number of hydrogen-bond donors (Lipinski definition) is 2. The van der Waals surface area contributed by atoms with Gasteiger partial charge in [0.1, 0.15) is 9.88 Å². The largest absolute Gasteiger partial charge is 0.352 e. The van der Waals surface area contributed by atoms with Crippen LogP contribution in [0.15, 0.2) is 30.3 Å². The van der Waals surface area contributed by atoms with Gasteiger partial charge in [0.2, 0.25) is 5.91 Å². The van der Waals surface area contributed by atoms with Gasteiger partial charge in [-0.05, 0) is 19.8 Å². The SMILES string of the molecule is Cc1nc(-c2ccccc2)sc1C(=O)NCC(=O)NC1CC1. The summed E-state index contributed by atoms with van der Waals surface area (Å²) >= 11 is 1.34. The highest BCUT2D eigenvalue weighted by Crippen LogP contribution is 2.27. The molecule has 1 aliphatic rings. The van der Waals surface area contributed by atoms with Gasteiger partial charge in [0.15, 0.2) is 0 Å². The van der Waals surface area contributed by atoms with Crippen molar-refractivity contribution >= 4 is 23.2 Å². The van der Waals surface area contributed by atoms with Crippen LogP contribution >= 0.6 is 11.3 Å². The average molecular weight is 315 g/mol. The van der Waals surface area contributed by atoms with E-state index in [4.69, 9.17) is 0 Å². The first-order valence-electron chi connectivity index (χ1n) is 7.24. The number of carbonyl (C=O) groups excluding carboxylic acids is 2. The Bertz CT molecular complexity index is 693. The average Bonchev–Trinajstić information content (AvgIpc) is 3.25. The summed E-state index contributed by atoms with van der Waals surface area (Å²) in [6.45, 7) is 1.81. The van der Waals surface area contributed by atoms with E-state index >= 15 is 0 Å². The van der Waals surface area contributed by atoms with E-state index in [1.165, 1.54) is 11.3 Å². The van der Waals surface area contributed by atoms with Gasteiger partial charge in [-0.25, -0.2) is 4.98 Å². The molecule has 1 aromatic carbocycles. The lowest BCUT2D eigenvalue weighted by molar-refractivity contribution is -0.120. The zero-order valence-electron chi connectivity index (χ0n) is 12.3. The molecular formula is C16H17N3O2S. The maximum absolute atomic E-state index is 12.2. The molecule has 0 aliphatic heterocycles. The summed E-state index contributed by atoms with van der Waals surface area (Å²) in [7, 11) is 0. The third-order valence-electron chi connectivity index (χ3n) is 3.38. The number of benzene rings is 1. The highest BCUT2D eigenvalue weighted by atomic mass is 32.1. The molecule has 1 fully saturated rings. The number of rotatable bonds is 5. The summed E-state index contributed by atoms with van der Waals surface area (Å²) in [5, 5.41) is 6.31.